The molecule has 0 radical (unpaired) electrons. The number of nitrogens with one attached hydrogen (secondary N) is 1. The van der Waals surface area contributed by atoms with E-state index in [4.69, 9.17) is 0 Å². The first-order chi connectivity index (χ1) is 9.11. The molecule has 0 aliphatic rings. The van der Waals surface area contributed by atoms with E-state index in [1.165, 1.54) is 12.1 Å². The van der Waals surface area contributed by atoms with Crippen molar-refractivity contribution in [2.24, 2.45) is 0 Å². The van der Waals surface area contributed by atoms with E-state index in [2.05, 4.69) is 5.32 Å². The topological polar surface area (TPSA) is 29.1 Å². The number of carbonyl (C=O) groups is 1. The third kappa shape index (κ3) is 3.15. The van der Waals surface area contributed by atoms with Gasteiger partial charge < -0.3 is 5.32 Å². The first-order valence-corrected chi connectivity index (χ1v) is 7.05. The fraction of sp³-hybridized carbons (Fsp3) is 0.133. The molecule has 98 valence electrons. The van der Waals surface area contributed by atoms with Crippen molar-refractivity contribution in [3.05, 3.63) is 59.4 Å². The van der Waals surface area contributed by atoms with Gasteiger partial charge in [-0.25, -0.2) is 4.39 Å². The van der Waals surface area contributed by atoms with Gasteiger partial charge >= 0.3 is 0 Å². The summed E-state index contributed by atoms with van der Waals surface area (Å²) in [7, 11) is 0. The minimum absolute atomic E-state index is 0.293. The highest BCUT2D eigenvalue weighted by atomic mass is 32.2. The van der Waals surface area contributed by atoms with Gasteiger partial charge in [0.25, 0.3) is 5.91 Å². The smallest absolute Gasteiger partial charge is 0.256 e. The number of hydrogen-bond acceptors (Lipinski definition) is 2. The van der Waals surface area contributed by atoms with E-state index in [1.807, 2.05) is 30.5 Å². The molecule has 1 amide bonds. The first kappa shape index (κ1) is 13.6. The number of carbonyl (C=O) groups excluding carboxylic acids is 1. The molecule has 0 heterocycles. The number of para-hydroxylation sites is 1. The molecule has 19 heavy (non-hydrogen) atoms. The molecule has 0 spiro atoms. The molecule has 0 saturated carbocycles. The van der Waals surface area contributed by atoms with Gasteiger partial charge in [0, 0.05) is 10.5 Å². The van der Waals surface area contributed by atoms with E-state index in [-0.39, 0.29) is 5.91 Å². The van der Waals surface area contributed by atoms with E-state index in [9.17, 15) is 9.18 Å². The summed E-state index contributed by atoms with van der Waals surface area (Å²) in [6.07, 6.45) is 1.94. The molecule has 0 fully saturated rings. The molecule has 4 heteroatoms. The Morgan fingerprint density at radius 2 is 1.95 bits per heavy atom. The van der Waals surface area contributed by atoms with Crippen LogP contribution >= 0.6 is 11.8 Å². The van der Waals surface area contributed by atoms with Gasteiger partial charge in [0.05, 0.1) is 5.69 Å². The molecule has 0 atom stereocenters. The quantitative estimate of drug-likeness (QED) is 0.854. The van der Waals surface area contributed by atoms with Crippen molar-refractivity contribution in [2.75, 3.05) is 11.6 Å². The summed E-state index contributed by atoms with van der Waals surface area (Å²) in [6.45, 7) is 1.79. The molecule has 2 nitrogen and oxygen atoms in total. The summed E-state index contributed by atoms with van der Waals surface area (Å²) in [4.78, 5) is 13.1. The fourth-order valence-electron chi connectivity index (χ4n) is 1.78. The Kier molecular flexibility index (Phi) is 4.22. The number of halogens is 1. The molecule has 2 rings (SSSR count). The van der Waals surface area contributed by atoms with Gasteiger partial charge in [0.1, 0.15) is 5.82 Å². The maximum Gasteiger partial charge on any atom is 0.256 e. The van der Waals surface area contributed by atoms with E-state index < -0.39 is 5.82 Å². The molecule has 0 aromatic heterocycles. The fourth-order valence-corrected chi connectivity index (χ4v) is 2.33. The lowest BCUT2D eigenvalue weighted by Gasteiger charge is -2.10. The lowest BCUT2D eigenvalue weighted by Crippen LogP contribution is -2.14. The summed E-state index contributed by atoms with van der Waals surface area (Å²) >= 11 is 1.55. The Labute approximate surface area is 116 Å². The molecule has 0 bridgehead atoms. The highest BCUT2D eigenvalue weighted by Gasteiger charge is 2.11. The molecular weight excluding hydrogens is 261 g/mol. The zero-order chi connectivity index (χ0) is 13.8. The van der Waals surface area contributed by atoms with Gasteiger partial charge in [-0.05, 0) is 43.0 Å². The zero-order valence-corrected chi connectivity index (χ0v) is 11.6. The summed E-state index contributed by atoms with van der Waals surface area (Å²) in [6, 6.07) is 11.7. The second kappa shape index (κ2) is 5.89. The normalized spacial score (nSPS) is 10.3. The van der Waals surface area contributed by atoms with E-state index in [0.717, 1.165) is 16.1 Å². The molecule has 1 N–H and O–H groups in total. The number of amides is 1. The minimum Gasteiger partial charge on any atom is -0.321 e. The van der Waals surface area contributed by atoms with Crippen LogP contribution in [0.15, 0.2) is 47.4 Å². The second-order valence-electron chi connectivity index (χ2n) is 4.11. The van der Waals surface area contributed by atoms with Crippen molar-refractivity contribution in [3.8, 4) is 0 Å². The van der Waals surface area contributed by atoms with Crippen LogP contribution in [0.5, 0.6) is 0 Å². The van der Waals surface area contributed by atoms with Crippen LogP contribution in [-0.4, -0.2) is 12.2 Å². The van der Waals surface area contributed by atoms with Gasteiger partial charge in [0.2, 0.25) is 0 Å². The molecule has 2 aromatic rings. The lowest BCUT2D eigenvalue weighted by molar-refractivity contribution is 0.102. The maximum atomic E-state index is 13.2. The van der Waals surface area contributed by atoms with E-state index >= 15 is 0 Å². The summed E-state index contributed by atoms with van der Waals surface area (Å²) in [5, 5.41) is 2.82. The van der Waals surface area contributed by atoms with Crippen LogP contribution in [0.4, 0.5) is 10.1 Å². The van der Waals surface area contributed by atoms with Crippen molar-refractivity contribution in [3.63, 3.8) is 0 Å². The van der Waals surface area contributed by atoms with Gasteiger partial charge in [-0.3, -0.25) is 4.79 Å². The summed E-state index contributed by atoms with van der Waals surface area (Å²) < 4.78 is 13.2. The number of rotatable bonds is 3. The molecule has 2 aromatic carbocycles. The van der Waals surface area contributed by atoms with Crippen LogP contribution in [0, 0.1) is 12.7 Å². The standard InChI is InChI=1S/C15H14FNOS/c1-10-7-8-11(16)9-12(10)15(18)17-13-5-3-4-6-14(13)19-2/h3-9H,1-2H3,(H,17,18). The van der Waals surface area contributed by atoms with Crippen LogP contribution in [0.2, 0.25) is 0 Å². The monoisotopic (exact) mass is 275 g/mol. The van der Waals surface area contributed by atoms with E-state index in [1.54, 1.807) is 24.8 Å². The Balaban J connectivity index is 2.28. The lowest BCUT2D eigenvalue weighted by atomic mass is 10.1. The molecule has 0 aliphatic heterocycles. The molecule has 0 saturated heterocycles. The van der Waals surface area contributed by atoms with Gasteiger partial charge in [-0.1, -0.05) is 18.2 Å². The Bertz CT molecular complexity index is 613. The van der Waals surface area contributed by atoms with Crippen molar-refractivity contribution < 1.29 is 9.18 Å². The van der Waals surface area contributed by atoms with Crippen molar-refractivity contribution in [2.45, 2.75) is 11.8 Å². The van der Waals surface area contributed by atoms with E-state index in [0.29, 0.717) is 5.56 Å². The Hall–Kier alpha value is -1.81. The number of aryl methyl sites for hydroxylation is 1. The van der Waals surface area contributed by atoms with Gasteiger partial charge in [-0.15, -0.1) is 11.8 Å². The van der Waals surface area contributed by atoms with Gasteiger partial charge in [0.15, 0.2) is 0 Å². The first-order valence-electron chi connectivity index (χ1n) is 5.82. The zero-order valence-electron chi connectivity index (χ0n) is 10.7. The molecule has 0 aliphatic carbocycles. The van der Waals surface area contributed by atoms with Gasteiger partial charge in [-0.2, -0.15) is 0 Å². The SMILES string of the molecule is CSc1ccccc1NC(=O)c1cc(F)ccc1C. The largest absolute Gasteiger partial charge is 0.321 e. The number of thioether (sulfide) groups is 1. The minimum atomic E-state index is -0.408. The van der Waals surface area contributed by atoms with Crippen LogP contribution in [0.25, 0.3) is 0 Å². The average molecular weight is 275 g/mol. The molecular formula is C15H14FNOS. The summed E-state index contributed by atoms with van der Waals surface area (Å²) in [5.41, 5.74) is 1.85. The van der Waals surface area contributed by atoms with Crippen molar-refractivity contribution in [1.29, 1.82) is 0 Å². The second-order valence-corrected chi connectivity index (χ2v) is 4.96. The summed E-state index contributed by atoms with van der Waals surface area (Å²) in [5.74, 6) is -0.701. The number of anilines is 1. The number of hydrogen-bond donors (Lipinski definition) is 1. The third-order valence-electron chi connectivity index (χ3n) is 2.80. The highest BCUT2D eigenvalue weighted by Crippen LogP contribution is 2.25. The average Bonchev–Trinajstić information content (AvgIpc) is 2.42. The highest BCUT2D eigenvalue weighted by molar-refractivity contribution is 7.98. The van der Waals surface area contributed by atoms with Crippen molar-refractivity contribution >= 4 is 23.4 Å². The maximum absolute atomic E-state index is 13.2. The predicted octanol–water partition coefficient (Wildman–Crippen LogP) is 4.11. The van der Waals surface area contributed by atoms with Crippen LogP contribution in [-0.2, 0) is 0 Å². The van der Waals surface area contributed by atoms with Crippen LogP contribution < -0.4 is 5.32 Å². The predicted molar refractivity (Wildman–Crippen MR) is 77.3 cm³/mol. The van der Waals surface area contributed by atoms with Crippen LogP contribution in [0.3, 0.4) is 0 Å². The van der Waals surface area contributed by atoms with Crippen molar-refractivity contribution in [1.82, 2.24) is 0 Å². The Morgan fingerprint density at radius 1 is 1.21 bits per heavy atom. The third-order valence-corrected chi connectivity index (χ3v) is 3.60. The number of benzene rings is 2. The Morgan fingerprint density at radius 3 is 2.68 bits per heavy atom. The van der Waals surface area contributed by atoms with Crippen LogP contribution in [0.1, 0.15) is 15.9 Å². The molecule has 0 unspecified atom stereocenters.